The van der Waals surface area contributed by atoms with Crippen LogP contribution in [0.15, 0.2) is 0 Å². The molecule has 1 saturated heterocycles. The molecule has 0 aromatic heterocycles. The molecule has 0 aromatic carbocycles. The summed E-state index contributed by atoms with van der Waals surface area (Å²) in [5.41, 5.74) is 6.04. The van der Waals surface area contributed by atoms with E-state index >= 15 is 0 Å². The van der Waals surface area contributed by atoms with Gasteiger partial charge in [-0.15, -0.1) is 0 Å². The van der Waals surface area contributed by atoms with Crippen LogP contribution in [0.3, 0.4) is 0 Å². The van der Waals surface area contributed by atoms with Gasteiger partial charge in [-0.1, -0.05) is 26.2 Å². The number of rotatable bonds is 4. The van der Waals surface area contributed by atoms with Crippen molar-refractivity contribution in [3.05, 3.63) is 0 Å². The number of nitrogens with zero attached hydrogens (tertiary/aromatic N) is 2. The summed E-state index contributed by atoms with van der Waals surface area (Å²) >= 11 is 0. The predicted octanol–water partition coefficient (Wildman–Crippen LogP) is 2.08. The third-order valence-electron chi connectivity index (χ3n) is 5.51. The van der Waals surface area contributed by atoms with E-state index in [1.807, 2.05) is 4.90 Å². The molecule has 21 heavy (non-hydrogen) atoms. The van der Waals surface area contributed by atoms with Gasteiger partial charge in [0, 0.05) is 39.1 Å². The average Bonchev–Trinajstić information content (AvgIpc) is 2.73. The first-order chi connectivity index (χ1) is 10.2. The van der Waals surface area contributed by atoms with Crippen LogP contribution < -0.4 is 5.73 Å². The highest BCUT2D eigenvalue weighted by Crippen LogP contribution is 2.34. The van der Waals surface area contributed by atoms with Crippen LogP contribution in [0.5, 0.6) is 0 Å². The van der Waals surface area contributed by atoms with E-state index in [0.717, 1.165) is 45.1 Å². The smallest absolute Gasteiger partial charge is 0.219 e. The standard InChI is InChI=1S/C17H33N3O/c1-3-5-15-6-7-16(13-18)17(12-15)20-9-4-8-19(10-11-20)14(2)21/h15-17H,3-13,18H2,1-2H3. The first-order valence-corrected chi connectivity index (χ1v) is 8.85. The summed E-state index contributed by atoms with van der Waals surface area (Å²) in [5.74, 6) is 1.76. The summed E-state index contributed by atoms with van der Waals surface area (Å²) in [6.07, 6.45) is 7.73. The molecule has 1 heterocycles. The van der Waals surface area contributed by atoms with E-state index in [0.29, 0.717) is 12.0 Å². The van der Waals surface area contributed by atoms with Gasteiger partial charge in [-0.2, -0.15) is 0 Å². The molecular formula is C17H33N3O. The molecule has 4 heteroatoms. The molecule has 0 aromatic rings. The Kier molecular flexibility index (Phi) is 6.49. The molecule has 1 saturated carbocycles. The van der Waals surface area contributed by atoms with Gasteiger partial charge in [-0.3, -0.25) is 9.69 Å². The Bertz CT molecular complexity index is 334. The van der Waals surface area contributed by atoms with Crippen molar-refractivity contribution in [2.24, 2.45) is 17.6 Å². The Morgan fingerprint density at radius 1 is 1.19 bits per heavy atom. The van der Waals surface area contributed by atoms with Crippen LogP contribution in [-0.2, 0) is 4.79 Å². The molecule has 0 radical (unpaired) electrons. The summed E-state index contributed by atoms with van der Waals surface area (Å²) in [5, 5.41) is 0. The highest BCUT2D eigenvalue weighted by atomic mass is 16.2. The first kappa shape index (κ1) is 16.8. The molecule has 1 amide bonds. The quantitative estimate of drug-likeness (QED) is 0.864. The van der Waals surface area contributed by atoms with Crippen LogP contribution in [0.25, 0.3) is 0 Å². The molecule has 3 unspecified atom stereocenters. The van der Waals surface area contributed by atoms with Gasteiger partial charge in [0.1, 0.15) is 0 Å². The molecule has 3 atom stereocenters. The second kappa shape index (κ2) is 8.14. The van der Waals surface area contributed by atoms with E-state index in [1.165, 1.54) is 32.1 Å². The van der Waals surface area contributed by atoms with Crippen LogP contribution in [-0.4, -0.2) is 54.5 Å². The SMILES string of the molecule is CCCC1CCC(CN)C(N2CCCN(C(C)=O)CC2)C1. The van der Waals surface area contributed by atoms with Crippen molar-refractivity contribution in [2.75, 3.05) is 32.7 Å². The fourth-order valence-corrected chi connectivity index (χ4v) is 4.27. The number of hydrogen-bond acceptors (Lipinski definition) is 3. The molecule has 2 N–H and O–H groups in total. The number of nitrogens with two attached hydrogens (primary N) is 1. The minimum absolute atomic E-state index is 0.222. The van der Waals surface area contributed by atoms with E-state index in [1.54, 1.807) is 6.92 Å². The van der Waals surface area contributed by atoms with E-state index in [9.17, 15) is 4.79 Å². The normalized spacial score (nSPS) is 32.0. The Morgan fingerprint density at radius 2 is 2.00 bits per heavy atom. The van der Waals surface area contributed by atoms with Crippen molar-refractivity contribution in [3.8, 4) is 0 Å². The maximum absolute atomic E-state index is 11.6. The lowest BCUT2D eigenvalue weighted by Gasteiger charge is -2.42. The summed E-state index contributed by atoms with van der Waals surface area (Å²) in [6.45, 7) is 8.77. The van der Waals surface area contributed by atoms with Gasteiger partial charge >= 0.3 is 0 Å². The van der Waals surface area contributed by atoms with Gasteiger partial charge < -0.3 is 10.6 Å². The van der Waals surface area contributed by atoms with Crippen LogP contribution in [0, 0.1) is 11.8 Å². The summed E-state index contributed by atoms with van der Waals surface area (Å²) in [4.78, 5) is 16.2. The van der Waals surface area contributed by atoms with Crippen LogP contribution in [0.2, 0.25) is 0 Å². The van der Waals surface area contributed by atoms with Gasteiger partial charge in [0.25, 0.3) is 0 Å². The van der Waals surface area contributed by atoms with E-state index in [2.05, 4.69) is 11.8 Å². The maximum Gasteiger partial charge on any atom is 0.219 e. The monoisotopic (exact) mass is 295 g/mol. The van der Waals surface area contributed by atoms with Crippen molar-refractivity contribution in [3.63, 3.8) is 0 Å². The van der Waals surface area contributed by atoms with Gasteiger partial charge in [-0.05, 0) is 37.6 Å². The zero-order valence-corrected chi connectivity index (χ0v) is 13.9. The molecule has 2 aliphatic rings. The largest absolute Gasteiger partial charge is 0.342 e. The molecule has 4 nitrogen and oxygen atoms in total. The second-order valence-electron chi connectivity index (χ2n) is 6.93. The highest BCUT2D eigenvalue weighted by Gasteiger charge is 2.34. The molecule has 2 rings (SSSR count). The lowest BCUT2D eigenvalue weighted by Crippen LogP contribution is -2.48. The van der Waals surface area contributed by atoms with Crippen LogP contribution in [0.1, 0.15) is 52.4 Å². The summed E-state index contributed by atoms with van der Waals surface area (Å²) < 4.78 is 0. The number of amides is 1. The highest BCUT2D eigenvalue weighted by molar-refractivity contribution is 5.73. The predicted molar refractivity (Wildman–Crippen MR) is 87.0 cm³/mol. The molecule has 0 bridgehead atoms. The Morgan fingerprint density at radius 3 is 2.67 bits per heavy atom. The van der Waals surface area contributed by atoms with Crippen LogP contribution >= 0.6 is 0 Å². The summed E-state index contributed by atoms with van der Waals surface area (Å²) in [6, 6.07) is 0.646. The van der Waals surface area contributed by atoms with Crippen molar-refractivity contribution in [2.45, 2.75) is 58.4 Å². The first-order valence-electron chi connectivity index (χ1n) is 8.85. The van der Waals surface area contributed by atoms with E-state index in [-0.39, 0.29) is 5.91 Å². The minimum atomic E-state index is 0.222. The van der Waals surface area contributed by atoms with Crippen molar-refractivity contribution in [1.29, 1.82) is 0 Å². The molecule has 122 valence electrons. The lowest BCUT2D eigenvalue weighted by atomic mass is 9.76. The Labute approximate surface area is 130 Å². The molecule has 0 spiro atoms. The molecule has 1 aliphatic heterocycles. The third-order valence-corrected chi connectivity index (χ3v) is 5.51. The van der Waals surface area contributed by atoms with Crippen LogP contribution in [0.4, 0.5) is 0 Å². The number of carbonyl (C=O) groups is 1. The zero-order chi connectivity index (χ0) is 15.2. The van der Waals surface area contributed by atoms with E-state index < -0.39 is 0 Å². The minimum Gasteiger partial charge on any atom is -0.342 e. The third kappa shape index (κ3) is 4.43. The fraction of sp³-hybridized carbons (Fsp3) is 0.941. The number of hydrogen-bond donors (Lipinski definition) is 1. The van der Waals surface area contributed by atoms with Gasteiger partial charge in [-0.25, -0.2) is 0 Å². The maximum atomic E-state index is 11.6. The molecule has 2 fully saturated rings. The Hall–Kier alpha value is -0.610. The van der Waals surface area contributed by atoms with Crippen molar-refractivity contribution in [1.82, 2.24) is 9.80 Å². The topological polar surface area (TPSA) is 49.6 Å². The zero-order valence-electron chi connectivity index (χ0n) is 13.9. The number of carbonyl (C=O) groups excluding carboxylic acids is 1. The molecular weight excluding hydrogens is 262 g/mol. The van der Waals surface area contributed by atoms with Gasteiger partial charge in [0.05, 0.1) is 0 Å². The summed E-state index contributed by atoms with van der Waals surface area (Å²) in [7, 11) is 0. The lowest BCUT2D eigenvalue weighted by molar-refractivity contribution is -0.128. The second-order valence-corrected chi connectivity index (χ2v) is 6.93. The van der Waals surface area contributed by atoms with E-state index in [4.69, 9.17) is 5.73 Å². The van der Waals surface area contributed by atoms with Crippen molar-refractivity contribution < 1.29 is 4.79 Å². The van der Waals surface area contributed by atoms with Crippen molar-refractivity contribution >= 4 is 5.91 Å². The fourth-order valence-electron chi connectivity index (χ4n) is 4.27. The Balaban J connectivity index is 1.97. The molecule has 1 aliphatic carbocycles. The van der Waals surface area contributed by atoms with Gasteiger partial charge in [0.15, 0.2) is 0 Å². The average molecular weight is 295 g/mol. The van der Waals surface area contributed by atoms with Gasteiger partial charge in [0.2, 0.25) is 5.91 Å².